The number of nitrogens with zero attached hydrogens (tertiary/aromatic N) is 2. The molecule has 1 saturated carbocycles. The van der Waals surface area contributed by atoms with Crippen LogP contribution in [0, 0.1) is 31.6 Å². The molecule has 1 aromatic heterocycles. The summed E-state index contributed by atoms with van der Waals surface area (Å²) in [4.78, 5) is 70.8. The fourth-order valence-corrected chi connectivity index (χ4v) is 7.35. The van der Waals surface area contributed by atoms with Crippen molar-refractivity contribution < 1.29 is 123 Å². The Bertz CT molecular complexity index is 1750. The summed E-state index contributed by atoms with van der Waals surface area (Å²) in [6, 6.07) is 3.58. The van der Waals surface area contributed by atoms with Crippen molar-refractivity contribution in [2.75, 3.05) is 11.1 Å². The number of nitrogens with one attached hydrogen (secondary N) is 2. The van der Waals surface area contributed by atoms with E-state index in [1.807, 2.05) is 13.8 Å². The second-order valence-corrected chi connectivity index (χ2v) is 14.2. The molecule has 2 aromatic rings. The summed E-state index contributed by atoms with van der Waals surface area (Å²) < 4.78 is 6.10. The first kappa shape index (κ1) is 50.9. The van der Waals surface area contributed by atoms with Crippen molar-refractivity contribution in [1.82, 2.24) is 10.3 Å². The maximum absolute atomic E-state index is 13.8. The average Bonchev–Trinajstić information content (AvgIpc) is 3.45. The number of esters is 1. The van der Waals surface area contributed by atoms with Crippen LogP contribution in [-0.4, -0.2) is 52.9 Å². The molecule has 13 nitrogen and oxygen atoms in total. The third-order valence-electron chi connectivity index (χ3n) is 8.90. The van der Waals surface area contributed by atoms with Crippen LogP contribution in [0.4, 0.5) is 5.82 Å². The summed E-state index contributed by atoms with van der Waals surface area (Å²) in [6.07, 6.45) is 3.68. The minimum Gasteiger partial charge on any atom is -0.870 e. The number of rotatable bonds is 11. The molecule has 1 aliphatic heterocycles. The number of hydrogen-bond acceptors (Lipinski definition) is 11. The Kier molecular flexibility index (Phi) is 21.6. The first-order valence-electron chi connectivity index (χ1n) is 16.2. The van der Waals surface area contributed by atoms with Gasteiger partial charge in [-0.05, 0) is 128 Å². The van der Waals surface area contributed by atoms with E-state index in [0.29, 0.717) is 45.8 Å². The van der Waals surface area contributed by atoms with Gasteiger partial charge in [-0.15, -0.1) is 11.8 Å². The van der Waals surface area contributed by atoms with Crippen LogP contribution >= 0.6 is 11.8 Å². The molecule has 0 saturated heterocycles. The zero-order valence-electron chi connectivity index (χ0n) is 31.9. The normalized spacial score (nSPS) is 19.8. The zero-order valence-corrected chi connectivity index (χ0v) is 39.7. The SMILES string of the molecule is CC(=O)Nc1[n-]c(/C=C2\N=C(NC(=O)CCCSc3cc(C(=O)[O-])cc(C(=O)[O-])c3)C(C(=O)OC3C(C)CC(C)CC3C)=C2C)c(C)c1C.[Na+].[Na+].[OH-].[Zn]. The van der Waals surface area contributed by atoms with E-state index in [0.717, 1.165) is 30.0 Å². The summed E-state index contributed by atoms with van der Waals surface area (Å²) in [6.45, 7) is 13.2. The van der Waals surface area contributed by atoms with Crippen molar-refractivity contribution in [3.8, 4) is 0 Å². The zero-order chi connectivity index (χ0) is 36.2. The number of thioether (sulfide) groups is 1. The Morgan fingerprint density at radius 3 is 2.04 bits per heavy atom. The summed E-state index contributed by atoms with van der Waals surface area (Å²) in [5.74, 6) is -2.54. The van der Waals surface area contributed by atoms with Gasteiger partial charge in [-0.1, -0.05) is 26.6 Å². The number of hydrogen-bond donors (Lipinski definition) is 2. The predicted octanol–water partition coefficient (Wildman–Crippen LogP) is -2.85. The maximum atomic E-state index is 13.8. The van der Waals surface area contributed by atoms with E-state index in [9.17, 15) is 34.2 Å². The van der Waals surface area contributed by atoms with Gasteiger partial charge in [0.2, 0.25) is 5.91 Å². The van der Waals surface area contributed by atoms with Gasteiger partial charge in [-0.25, -0.2) is 9.79 Å². The molecule has 1 fully saturated rings. The van der Waals surface area contributed by atoms with Gasteiger partial charge < -0.3 is 45.6 Å². The number of carbonyl (C=O) groups excluding carboxylic acids is 5. The molecular weight excluding hydrogens is 776 g/mol. The Morgan fingerprint density at radius 1 is 0.943 bits per heavy atom. The monoisotopic (exact) mass is 816 g/mol. The number of benzene rings is 1. The van der Waals surface area contributed by atoms with Gasteiger partial charge in [0.05, 0.1) is 17.6 Å². The number of ether oxygens (including phenoxy) is 1. The number of amides is 2. The van der Waals surface area contributed by atoms with E-state index >= 15 is 0 Å². The Morgan fingerprint density at radius 2 is 1.51 bits per heavy atom. The second kappa shape index (κ2) is 22.5. The number of amidine groups is 1. The van der Waals surface area contributed by atoms with E-state index in [1.54, 1.807) is 13.0 Å². The van der Waals surface area contributed by atoms with E-state index in [2.05, 4.69) is 41.4 Å². The van der Waals surface area contributed by atoms with Crippen LogP contribution in [0.25, 0.3) is 6.08 Å². The van der Waals surface area contributed by atoms with Crippen LogP contribution in [0.5, 0.6) is 0 Å². The molecule has 2 aliphatic rings. The number of carboxylic acid groups (broad SMARTS) is 2. The molecule has 0 radical (unpaired) electrons. The fraction of sp³-hybridized carbons (Fsp3) is 0.444. The standard InChI is InChI=1S/C36H44N4O8S.2Na.H2O.Zn/c1-17-11-18(2)31(19(3)12-17)48-36(47)30-22(6)28(16-27-20(4)21(5)32(38-27)37-23(7)41)39-33(30)40-29(42)9-8-10-49-26-14-24(34(43)44)13-25(15-26)35(45)46;;;;/h13-19,31H,8-12H2,1-7H3,(H5,37,38,39,40,41,42,43,44,45,46,47);;;1H2;/q;2*+1;;/p-4. The average molecular weight is 818 g/mol. The number of carboxylic acids is 2. The Balaban J connectivity index is 0.00000676. The van der Waals surface area contributed by atoms with Gasteiger partial charge in [-0.2, -0.15) is 0 Å². The van der Waals surface area contributed by atoms with Gasteiger partial charge in [0.25, 0.3) is 0 Å². The molecule has 1 aromatic carbocycles. The summed E-state index contributed by atoms with van der Waals surface area (Å²) in [5.41, 5.74) is 2.70. The van der Waals surface area contributed by atoms with Gasteiger partial charge in [0.1, 0.15) is 23.4 Å². The van der Waals surface area contributed by atoms with Gasteiger partial charge in [-0.3, -0.25) is 9.59 Å². The number of aliphatic imine (C=N–C) groups is 1. The molecule has 17 heteroatoms. The van der Waals surface area contributed by atoms with E-state index in [-0.39, 0.29) is 137 Å². The minimum absolute atomic E-state index is 0. The predicted molar refractivity (Wildman–Crippen MR) is 183 cm³/mol. The quantitative estimate of drug-likeness (QED) is 0.102. The van der Waals surface area contributed by atoms with Gasteiger partial charge in [0.15, 0.2) is 0 Å². The van der Waals surface area contributed by atoms with Crippen LogP contribution in [0.15, 0.2) is 44.9 Å². The van der Waals surface area contributed by atoms with E-state index in [1.165, 1.54) is 30.8 Å². The topological polar surface area (TPSA) is 221 Å². The summed E-state index contributed by atoms with van der Waals surface area (Å²) >= 11 is 1.19. The molecule has 2 unspecified atom stereocenters. The van der Waals surface area contributed by atoms with Crippen molar-refractivity contribution in [2.45, 2.75) is 85.1 Å². The van der Waals surface area contributed by atoms with Crippen LogP contribution in [0.1, 0.15) is 97.8 Å². The Labute approximate surface area is 371 Å². The van der Waals surface area contributed by atoms with Crippen molar-refractivity contribution >= 4 is 59.2 Å². The molecular formula is C36H42N4Na2O9SZn-2. The van der Waals surface area contributed by atoms with Gasteiger partial charge in [0, 0.05) is 30.8 Å². The number of aromatic carboxylic acids is 2. The minimum atomic E-state index is -1.51. The fourth-order valence-electron chi connectivity index (χ4n) is 6.41. The molecule has 2 amide bonds. The number of allylic oxidation sites excluding steroid dienone is 1. The van der Waals surface area contributed by atoms with Gasteiger partial charge >= 0.3 is 65.1 Å². The number of aromatic nitrogens is 1. The number of anilines is 1. The van der Waals surface area contributed by atoms with Crippen LogP contribution in [-0.2, 0) is 38.6 Å². The smallest absolute Gasteiger partial charge is 0.870 e. The third kappa shape index (κ3) is 13.3. The van der Waals surface area contributed by atoms with E-state index < -0.39 is 23.8 Å². The van der Waals surface area contributed by atoms with E-state index in [4.69, 9.17) is 4.74 Å². The molecule has 2 atom stereocenters. The molecule has 3 N–H and O–H groups in total. The molecule has 2 heterocycles. The molecule has 0 bridgehead atoms. The Hall–Kier alpha value is -2.07. The summed E-state index contributed by atoms with van der Waals surface area (Å²) in [5, 5.41) is 28.1. The second-order valence-electron chi connectivity index (χ2n) is 13.0. The first-order valence-corrected chi connectivity index (χ1v) is 17.2. The maximum Gasteiger partial charge on any atom is 1.00 e. The molecule has 53 heavy (non-hydrogen) atoms. The van der Waals surface area contributed by atoms with Crippen molar-refractivity contribution in [2.24, 2.45) is 22.7 Å². The molecule has 0 spiro atoms. The third-order valence-corrected chi connectivity index (χ3v) is 9.96. The van der Waals surface area contributed by atoms with Crippen LogP contribution in [0.3, 0.4) is 0 Å². The van der Waals surface area contributed by atoms with Crippen LogP contribution < -0.4 is 84.9 Å². The van der Waals surface area contributed by atoms with Crippen molar-refractivity contribution in [3.05, 3.63) is 63.0 Å². The molecule has 272 valence electrons. The van der Waals surface area contributed by atoms with Crippen molar-refractivity contribution in [1.29, 1.82) is 0 Å². The summed E-state index contributed by atoms with van der Waals surface area (Å²) in [7, 11) is 0. The largest absolute Gasteiger partial charge is 1.00 e. The molecule has 4 rings (SSSR count). The van der Waals surface area contributed by atoms with Crippen LogP contribution in [0.2, 0.25) is 0 Å². The number of carbonyl (C=O) groups is 5. The molecule has 1 aliphatic carbocycles. The first-order chi connectivity index (χ1) is 23.0. The van der Waals surface area contributed by atoms with Crippen molar-refractivity contribution in [3.63, 3.8) is 0 Å².